The zero-order chi connectivity index (χ0) is 22.5. The van der Waals surface area contributed by atoms with Gasteiger partial charge in [0.05, 0.1) is 34.1 Å². The second-order valence-electron chi connectivity index (χ2n) is 7.67. The van der Waals surface area contributed by atoms with Crippen LogP contribution in [0.5, 0.6) is 0 Å². The molecule has 2 aromatic rings. The first kappa shape index (κ1) is 22.9. The molecule has 1 aliphatic carbocycles. The maximum atomic E-state index is 14.4. The van der Waals surface area contributed by atoms with E-state index in [-0.39, 0.29) is 30.0 Å². The van der Waals surface area contributed by atoms with Crippen LogP contribution >= 0.6 is 15.9 Å². The minimum Gasteiger partial charge on any atom is -0.481 e. The van der Waals surface area contributed by atoms with Crippen LogP contribution < -0.4 is 5.32 Å². The lowest BCUT2D eigenvalue weighted by Crippen LogP contribution is -2.38. The van der Waals surface area contributed by atoms with Gasteiger partial charge in [-0.15, -0.1) is 0 Å². The van der Waals surface area contributed by atoms with Gasteiger partial charge >= 0.3 is 5.97 Å². The summed E-state index contributed by atoms with van der Waals surface area (Å²) >= 11 is 3.38. The summed E-state index contributed by atoms with van der Waals surface area (Å²) < 4.78 is 17.2. The van der Waals surface area contributed by atoms with Crippen molar-refractivity contribution in [3.63, 3.8) is 0 Å². The summed E-state index contributed by atoms with van der Waals surface area (Å²) in [4.78, 5) is 33.9. The summed E-state index contributed by atoms with van der Waals surface area (Å²) in [7, 11) is 0. The van der Waals surface area contributed by atoms with Crippen LogP contribution in [0.2, 0.25) is 0 Å². The zero-order valence-electron chi connectivity index (χ0n) is 16.5. The molecule has 0 radical (unpaired) electrons. The van der Waals surface area contributed by atoms with Gasteiger partial charge in [0.1, 0.15) is 5.82 Å². The van der Waals surface area contributed by atoms with Gasteiger partial charge in [0, 0.05) is 30.6 Å². The maximum Gasteiger partial charge on any atom is 0.303 e. The molecule has 9 nitrogen and oxygen atoms in total. The number of carbonyl (C=O) groups is 2. The third-order valence-electron chi connectivity index (χ3n) is 5.49. The third kappa shape index (κ3) is 6.09. The van der Waals surface area contributed by atoms with Gasteiger partial charge in [-0.25, -0.2) is 4.39 Å². The Balaban J connectivity index is 1.60. The van der Waals surface area contributed by atoms with E-state index >= 15 is 0 Å². The number of hydrogen-bond acceptors (Lipinski definition) is 5. The van der Waals surface area contributed by atoms with E-state index in [0.29, 0.717) is 0 Å². The molecular formula is C20H22BrFN4O5. The van der Waals surface area contributed by atoms with E-state index in [1.807, 2.05) is 10.9 Å². The second kappa shape index (κ2) is 9.99. The van der Waals surface area contributed by atoms with Crippen LogP contribution in [-0.4, -0.2) is 37.7 Å². The molecule has 31 heavy (non-hydrogen) atoms. The number of rotatable bonds is 8. The number of non-ortho nitro benzene ring substituents is 1. The number of nitro groups is 1. The average Bonchev–Trinajstić information content (AvgIpc) is 3.14. The Morgan fingerprint density at radius 2 is 2.03 bits per heavy atom. The van der Waals surface area contributed by atoms with Gasteiger partial charge < -0.3 is 10.4 Å². The van der Waals surface area contributed by atoms with Crippen LogP contribution in [0, 0.1) is 15.9 Å². The number of benzene rings is 1. The monoisotopic (exact) mass is 496 g/mol. The number of nitro benzene ring substituents is 1. The molecule has 166 valence electrons. The van der Waals surface area contributed by atoms with E-state index < -0.39 is 34.7 Å². The molecule has 3 rings (SSSR count). The van der Waals surface area contributed by atoms with E-state index in [2.05, 4.69) is 26.3 Å². The Hall–Kier alpha value is -2.82. The quantitative estimate of drug-likeness (QED) is 0.420. The first-order valence-corrected chi connectivity index (χ1v) is 10.7. The highest BCUT2D eigenvalue weighted by atomic mass is 79.9. The summed E-state index contributed by atoms with van der Waals surface area (Å²) in [6.45, 7) is 0. The fourth-order valence-corrected chi connectivity index (χ4v) is 4.27. The topological polar surface area (TPSA) is 127 Å². The lowest BCUT2D eigenvalue weighted by molar-refractivity contribution is -0.385. The van der Waals surface area contributed by atoms with Crippen LogP contribution in [0.3, 0.4) is 0 Å². The van der Waals surface area contributed by atoms with Crippen molar-refractivity contribution in [2.45, 2.75) is 56.5 Å². The Kier molecular flexibility index (Phi) is 7.37. The molecule has 2 N–H and O–H groups in total. The number of nitrogens with zero attached hydrogens (tertiary/aromatic N) is 3. The van der Waals surface area contributed by atoms with Gasteiger partial charge in [-0.1, -0.05) is 0 Å². The van der Waals surface area contributed by atoms with Crippen molar-refractivity contribution in [1.82, 2.24) is 15.1 Å². The highest BCUT2D eigenvalue weighted by molar-refractivity contribution is 9.10. The van der Waals surface area contributed by atoms with Gasteiger partial charge in [0.2, 0.25) is 5.91 Å². The predicted molar refractivity (Wildman–Crippen MR) is 112 cm³/mol. The van der Waals surface area contributed by atoms with Crippen molar-refractivity contribution in [3.05, 3.63) is 56.6 Å². The van der Waals surface area contributed by atoms with E-state index in [4.69, 9.17) is 0 Å². The molecule has 1 aromatic heterocycles. The van der Waals surface area contributed by atoms with E-state index in [1.165, 1.54) is 6.07 Å². The normalized spacial score (nSPS) is 19.5. The van der Waals surface area contributed by atoms with E-state index in [9.17, 15) is 29.2 Å². The Bertz CT molecular complexity index is 974. The zero-order valence-corrected chi connectivity index (χ0v) is 18.1. The van der Waals surface area contributed by atoms with Crippen molar-refractivity contribution in [2.75, 3.05) is 0 Å². The summed E-state index contributed by atoms with van der Waals surface area (Å²) in [6, 6.07) is 3.25. The first-order valence-electron chi connectivity index (χ1n) is 9.87. The molecule has 1 atom stereocenters. The Labute approximate surface area is 185 Å². The number of amides is 1. The van der Waals surface area contributed by atoms with Gasteiger partial charge in [-0.3, -0.25) is 24.4 Å². The lowest BCUT2D eigenvalue weighted by Gasteiger charge is -2.29. The summed E-state index contributed by atoms with van der Waals surface area (Å²) in [6.07, 6.45) is 6.17. The number of hydrogen-bond donors (Lipinski definition) is 2. The van der Waals surface area contributed by atoms with Gasteiger partial charge in [0.25, 0.3) is 5.69 Å². The minimum atomic E-state index is -1.18. The van der Waals surface area contributed by atoms with Crippen molar-refractivity contribution in [3.8, 4) is 0 Å². The average molecular weight is 497 g/mol. The number of aromatic nitrogens is 2. The van der Waals surface area contributed by atoms with Crippen molar-refractivity contribution < 1.29 is 24.0 Å². The third-order valence-corrected chi connectivity index (χ3v) is 5.90. The molecule has 1 unspecified atom stereocenters. The Morgan fingerprint density at radius 1 is 1.32 bits per heavy atom. The van der Waals surface area contributed by atoms with Gasteiger partial charge in [-0.2, -0.15) is 5.10 Å². The molecule has 0 aliphatic heterocycles. The van der Waals surface area contributed by atoms with Crippen LogP contribution in [0.1, 0.15) is 56.0 Å². The Morgan fingerprint density at radius 3 is 2.58 bits per heavy atom. The largest absolute Gasteiger partial charge is 0.481 e. The fraction of sp³-hybridized carbons (Fsp3) is 0.450. The minimum absolute atomic E-state index is 0.0175. The number of halogens is 2. The second-order valence-corrected chi connectivity index (χ2v) is 8.59. The molecular weight excluding hydrogens is 475 g/mol. The van der Waals surface area contributed by atoms with Crippen molar-refractivity contribution in [1.29, 1.82) is 0 Å². The van der Waals surface area contributed by atoms with Crippen LogP contribution in [0.25, 0.3) is 0 Å². The lowest BCUT2D eigenvalue weighted by atomic mass is 9.89. The van der Waals surface area contributed by atoms with Crippen LogP contribution in [0.15, 0.2) is 35.1 Å². The molecule has 11 heteroatoms. The smallest absolute Gasteiger partial charge is 0.303 e. The summed E-state index contributed by atoms with van der Waals surface area (Å²) in [5.41, 5.74) is -0.447. The number of carboxylic acid groups (broad SMARTS) is 1. The molecule has 0 saturated heterocycles. The molecule has 0 bridgehead atoms. The fourth-order valence-electron chi connectivity index (χ4n) is 3.97. The number of aliphatic carboxylic acids is 1. The number of carboxylic acids is 1. The van der Waals surface area contributed by atoms with Gasteiger partial charge in [0.15, 0.2) is 0 Å². The standard InChI is InChI=1S/C20H22BrFN4O5/c21-13-10-23-25(11-13)15-3-1-14(2-4-15)24-19(27)7-12(8-20(28)29)17-6-5-16(26(30)31)9-18(17)22/h5-6,9-12,14-15H,1-4,7-8H2,(H,24,27)(H,28,29). The highest BCUT2D eigenvalue weighted by Crippen LogP contribution is 2.31. The molecule has 0 spiro atoms. The van der Waals surface area contributed by atoms with E-state index in [0.717, 1.165) is 42.3 Å². The first-order chi connectivity index (χ1) is 14.7. The molecule has 1 amide bonds. The number of carbonyl (C=O) groups excluding carboxylic acids is 1. The van der Waals surface area contributed by atoms with Crippen molar-refractivity contribution in [2.24, 2.45) is 0 Å². The van der Waals surface area contributed by atoms with Crippen LogP contribution in [-0.2, 0) is 9.59 Å². The molecule has 1 fully saturated rings. The molecule has 1 aliphatic rings. The number of nitrogens with one attached hydrogen (secondary N) is 1. The predicted octanol–water partition coefficient (Wildman–Crippen LogP) is 3.94. The maximum absolute atomic E-state index is 14.4. The highest BCUT2D eigenvalue weighted by Gasteiger charge is 2.27. The summed E-state index contributed by atoms with van der Waals surface area (Å²) in [5, 5.41) is 27.2. The SMILES string of the molecule is O=C(O)CC(CC(=O)NC1CCC(n2cc(Br)cn2)CC1)c1ccc([N+](=O)[O-])cc1F. The van der Waals surface area contributed by atoms with Crippen molar-refractivity contribution >= 4 is 33.5 Å². The molecule has 1 aromatic carbocycles. The molecule has 1 saturated carbocycles. The summed E-state index contributed by atoms with van der Waals surface area (Å²) in [5.74, 6) is -3.36. The van der Waals surface area contributed by atoms with Crippen LogP contribution in [0.4, 0.5) is 10.1 Å². The molecule has 1 heterocycles. The van der Waals surface area contributed by atoms with E-state index in [1.54, 1.807) is 6.20 Å². The van der Waals surface area contributed by atoms with Gasteiger partial charge in [-0.05, 0) is 53.2 Å².